The van der Waals surface area contributed by atoms with E-state index in [4.69, 9.17) is 4.74 Å². The fourth-order valence-electron chi connectivity index (χ4n) is 1.74. The van der Waals surface area contributed by atoms with Crippen molar-refractivity contribution in [2.24, 2.45) is 0 Å². The van der Waals surface area contributed by atoms with Crippen molar-refractivity contribution in [1.82, 2.24) is 30.4 Å². The first-order valence-electron chi connectivity index (χ1n) is 7.04. The van der Waals surface area contributed by atoms with Gasteiger partial charge in [-0.1, -0.05) is 23.9 Å². The summed E-state index contributed by atoms with van der Waals surface area (Å²) in [6.45, 7) is -0.0379. The Morgan fingerprint density at radius 2 is 2.08 bits per heavy atom. The smallest absolute Gasteiger partial charge is 0.241 e. The predicted octanol–water partition coefficient (Wildman–Crippen LogP) is -0.0326. The van der Waals surface area contributed by atoms with E-state index < -0.39 is 0 Å². The van der Waals surface area contributed by atoms with Gasteiger partial charge < -0.3 is 15.0 Å². The van der Waals surface area contributed by atoms with Crippen LogP contribution in [0.25, 0.3) is 5.69 Å². The molecule has 2 rings (SSSR count). The number of carbonyl (C=O) groups excluding carboxylic acids is 2. The van der Waals surface area contributed by atoms with Gasteiger partial charge in [0, 0.05) is 14.1 Å². The number of amides is 2. The molecular weight excluding hydrogens is 332 g/mol. The maximum atomic E-state index is 11.8. The predicted molar refractivity (Wildman–Crippen MR) is 88.1 cm³/mol. The molecule has 10 heteroatoms. The second-order valence-electron chi connectivity index (χ2n) is 4.90. The van der Waals surface area contributed by atoms with Crippen LogP contribution in [0, 0.1) is 0 Å². The van der Waals surface area contributed by atoms with Gasteiger partial charge >= 0.3 is 0 Å². The van der Waals surface area contributed by atoms with Crippen molar-refractivity contribution in [2.45, 2.75) is 5.16 Å². The molecule has 2 amide bonds. The number of thioether (sulfide) groups is 1. The third-order valence-corrected chi connectivity index (χ3v) is 3.94. The summed E-state index contributed by atoms with van der Waals surface area (Å²) in [5.74, 6) is 0.264. The zero-order valence-electron chi connectivity index (χ0n) is 13.6. The van der Waals surface area contributed by atoms with Gasteiger partial charge in [-0.2, -0.15) is 4.68 Å². The van der Waals surface area contributed by atoms with Gasteiger partial charge in [-0.15, -0.1) is 5.10 Å². The molecule has 1 heterocycles. The van der Waals surface area contributed by atoms with Crippen molar-refractivity contribution in [3.63, 3.8) is 0 Å². The van der Waals surface area contributed by atoms with Crippen molar-refractivity contribution in [3.05, 3.63) is 24.3 Å². The average molecular weight is 350 g/mol. The lowest BCUT2D eigenvalue weighted by Gasteiger charge is -2.11. The Bertz CT molecular complexity index is 718. The maximum Gasteiger partial charge on any atom is 0.241 e. The van der Waals surface area contributed by atoms with E-state index in [1.807, 2.05) is 18.2 Å². The second-order valence-corrected chi connectivity index (χ2v) is 5.84. The van der Waals surface area contributed by atoms with Crippen molar-refractivity contribution in [2.75, 3.05) is 33.5 Å². The summed E-state index contributed by atoms with van der Waals surface area (Å²) in [4.78, 5) is 24.7. The zero-order valence-corrected chi connectivity index (χ0v) is 14.4. The Labute approximate surface area is 143 Å². The van der Waals surface area contributed by atoms with E-state index in [0.717, 1.165) is 0 Å². The summed E-state index contributed by atoms with van der Waals surface area (Å²) >= 11 is 1.17. The molecule has 0 bridgehead atoms. The summed E-state index contributed by atoms with van der Waals surface area (Å²) in [7, 11) is 4.82. The van der Waals surface area contributed by atoms with Crippen LogP contribution in [-0.4, -0.2) is 70.4 Å². The number of nitrogens with zero attached hydrogens (tertiary/aromatic N) is 5. The lowest BCUT2D eigenvalue weighted by Crippen LogP contribution is -2.37. The van der Waals surface area contributed by atoms with Crippen LogP contribution in [-0.2, 0) is 9.59 Å². The van der Waals surface area contributed by atoms with Crippen LogP contribution < -0.4 is 10.1 Å². The Hall–Kier alpha value is -2.62. The topological polar surface area (TPSA) is 102 Å². The van der Waals surface area contributed by atoms with Crippen molar-refractivity contribution < 1.29 is 14.3 Å². The number of hydrogen-bond donors (Lipinski definition) is 1. The number of ether oxygens (including phenoxy) is 1. The molecule has 0 saturated carbocycles. The van der Waals surface area contributed by atoms with Gasteiger partial charge in [0.2, 0.25) is 17.0 Å². The first-order valence-corrected chi connectivity index (χ1v) is 8.03. The third-order valence-electron chi connectivity index (χ3n) is 3.02. The largest absolute Gasteiger partial charge is 0.494 e. The molecule has 0 aliphatic heterocycles. The minimum absolute atomic E-state index is 0.0379. The number of hydrogen-bond acceptors (Lipinski definition) is 7. The van der Waals surface area contributed by atoms with E-state index in [-0.39, 0.29) is 24.1 Å². The fraction of sp³-hybridized carbons (Fsp3) is 0.357. The molecule has 0 saturated heterocycles. The highest BCUT2D eigenvalue weighted by Crippen LogP contribution is 2.25. The van der Waals surface area contributed by atoms with E-state index >= 15 is 0 Å². The van der Waals surface area contributed by atoms with E-state index in [1.165, 1.54) is 21.3 Å². The number of aromatic nitrogens is 4. The summed E-state index contributed by atoms with van der Waals surface area (Å²) in [5.41, 5.74) is 0.677. The number of tetrazole rings is 1. The van der Waals surface area contributed by atoms with Gasteiger partial charge in [-0.05, 0) is 22.6 Å². The number of para-hydroxylation sites is 2. The highest BCUT2D eigenvalue weighted by atomic mass is 32.2. The molecule has 1 N–H and O–H groups in total. The summed E-state index contributed by atoms with van der Waals surface area (Å²) in [6, 6.07) is 7.29. The van der Waals surface area contributed by atoms with Gasteiger partial charge in [0.15, 0.2) is 0 Å². The van der Waals surface area contributed by atoms with E-state index in [9.17, 15) is 9.59 Å². The molecule has 1 aromatic heterocycles. The summed E-state index contributed by atoms with van der Waals surface area (Å²) in [5, 5.41) is 14.5. The van der Waals surface area contributed by atoms with Gasteiger partial charge in [-0.25, -0.2) is 0 Å². The highest BCUT2D eigenvalue weighted by Gasteiger charge is 2.15. The number of likely N-dealkylation sites (N-methyl/N-ethyl adjacent to an activating group) is 1. The van der Waals surface area contributed by atoms with Crippen LogP contribution in [0.4, 0.5) is 0 Å². The standard InChI is InChI=1S/C14H18N6O3S/c1-19(2)13(22)8-15-12(21)9-24-14-16-17-18-20(14)10-6-4-5-7-11(10)23-3/h4-7H,8-9H2,1-3H3,(H,15,21). The molecule has 0 fully saturated rings. The fourth-order valence-corrected chi connectivity index (χ4v) is 2.45. The quantitative estimate of drug-likeness (QED) is 0.699. The van der Waals surface area contributed by atoms with Crippen molar-refractivity contribution in [3.8, 4) is 11.4 Å². The molecule has 0 aliphatic carbocycles. The third kappa shape index (κ3) is 4.44. The molecule has 0 atom stereocenters. The molecule has 128 valence electrons. The Balaban J connectivity index is 1.99. The molecule has 1 aromatic carbocycles. The van der Waals surface area contributed by atoms with Crippen LogP contribution in [0.2, 0.25) is 0 Å². The first-order chi connectivity index (χ1) is 11.5. The molecule has 0 unspecified atom stereocenters. The van der Waals surface area contributed by atoms with E-state index in [1.54, 1.807) is 27.3 Å². The molecule has 0 aliphatic rings. The van der Waals surface area contributed by atoms with Crippen LogP contribution in [0.3, 0.4) is 0 Å². The SMILES string of the molecule is COc1ccccc1-n1nnnc1SCC(=O)NCC(=O)N(C)C. The van der Waals surface area contributed by atoms with Crippen LogP contribution in [0.15, 0.2) is 29.4 Å². The lowest BCUT2D eigenvalue weighted by atomic mass is 10.3. The normalized spacial score (nSPS) is 10.3. The number of methoxy groups -OCH3 is 1. The molecule has 0 radical (unpaired) electrons. The number of carbonyl (C=O) groups is 2. The number of nitrogens with one attached hydrogen (secondary N) is 1. The van der Waals surface area contributed by atoms with Crippen LogP contribution >= 0.6 is 11.8 Å². The van der Waals surface area contributed by atoms with Gasteiger partial charge in [-0.3, -0.25) is 9.59 Å². The van der Waals surface area contributed by atoms with Crippen molar-refractivity contribution in [1.29, 1.82) is 0 Å². The van der Waals surface area contributed by atoms with Gasteiger partial charge in [0.25, 0.3) is 0 Å². The summed E-state index contributed by atoms with van der Waals surface area (Å²) < 4.78 is 6.79. The van der Waals surface area contributed by atoms with Crippen LogP contribution in [0.5, 0.6) is 5.75 Å². The Morgan fingerprint density at radius 3 is 2.79 bits per heavy atom. The maximum absolute atomic E-state index is 11.8. The van der Waals surface area contributed by atoms with E-state index in [0.29, 0.717) is 16.6 Å². The van der Waals surface area contributed by atoms with Gasteiger partial charge in [0.05, 0.1) is 19.4 Å². The Morgan fingerprint density at radius 1 is 1.33 bits per heavy atom. The minimum Gasteiger partial charge on any atom is -0.494 e. The minimum atomic E-state index is -0.273. The van der Waals surface area contributed by atoms with Crippen molar-refractivity contribution >= 4 is 23.6 Å². The van der Waals surface area contributed by atoms with Crippen LogP contribution in [0.1, 0.15) is 0 Å². The highest BCUT2D eigenvalue weighted by molar-refractivity contribution is 7.99. The van der Waals surface area contributed by atoms with E-state index in [2.05, 4.69) is 20.8 Å². The molecule has 9 nitrogen and oxygen atoms in total. The average Bonchev–Trinajstić information content (AvgIpc) is 3.05. The number of benzene rings is 1. The molecular formula is C14H18N6O3S. The molecule has 24 heavy (non-hydrogen) atoms. The first kappa shape index (κ1) is 17.7. The lowest BCUT2D eigenvalue weighted by molar-refractivity contribution is -0.130. The molecule has 0 spiro atoms. The molecule has 2 aromatic rings. The Kier molecular flexibility index (Phi) is 6.13. The zero-order chi connectivity index (χ0) is 17.5. The second kappa shape index (κ2) is 8.29. The van der Waals surface area contributed by atoms with Gasteiger partial charge in [0.1, 0.15) is 11.4 Å². The summed E-state index contributed by atoms with van der Waals surface area (Å²) in [6.07, 6.45) is 0. The monoisotopic (exact) mass is 350 g/mol. The number of rotatable bonds is 7.